The van der Waals surface area contributed by atoms with E-state index in [2.05, 4.69) is 20.8 Å². The van der Waals surface area contributed by atoms with E-state index in [0.29, 0.717) is 13.0 Å². The van der Waals surface area contributed by atoms with E-state index in [4.69, 9.17) is 0 Å². The third-order valence-corrected chi connectivity index (χ3v) is 4.15. The van der Waals surface area contributed by atoms with Gasteiger partial charge in [-0.2, -0.15) is 0 Å². The quantitative estimate of drug-likeness (QED) is 0.753. The Labute approximate surface area is 131 Å². The third kappa shape index (κ3) is 3.56. The first-order valence-corrected chi connectivity index (χ1v) is 7.77. The molecule has 1 N–H and O–H groups in total. The van der Waals surface area contributed by atoms with E-state index in [1.165, 1.54) is 11.0 Å². The zero-order chi connectivity index (χ0) is 15.2. The molecule has 22 heavy (non-hydrogen) atoms. The lowest BCUT2D eigenvalue weighted by atomic mass is 10.1. The first kappa shape index (κ1) is 14.4. The number of carbonyl (C=O) groups is 1. The minimum absolute atomic E-state index is 0.0930. The van der Waals surface area contributed by atoms with Gasteiger partial charge in [0, 0.05) is 11.3 Å². The van der Waals surface area contributed by atoms with Gasteiger partial charge in [0.2, 0.25) is 5.91 Å². The highest BCUT2D eigenvalue weighted by Crippen LogP contribution is 2.14. The minimum atomic E-state index is -0.461. The minimum Gasteiger partial charge on any atom is -0.349 e. The Kier molecular flexibility index (Phi) is 4.55. The molecule has 0 aliphatic carbocycles. The standard InChI is InChI=1S/C15H15N5OS/c21-15(16-10-13-7-4-8-22-13)14(20-11-17-18-19-20)9-12-5-2-1-3-6-12/h1-8,11,14H,9-10H2,(H,16,21). The molecule has 1 aromatic carbocycles. The molecule has 0 fully saturated rings. The number of amides is 1. The van der Waals surface area contributed by atoms with Crippen LogP contribution in [-0.4, -0.2) is 26.1 Å². The molecule has 6 nitrogen and oxygen atoms in total. The van der Waals surface area contributed by atoms with Crippen LogP contribution in [-0.2, 0) is 17.8 Å². The number of hydrogen-bond donors (Lipinski definition) is 1. The predicted molar refractivity (Wildman–Crippen MR) is 83.2 cm³/mol. The second-order valence-corrected chi connectivity index (χ2v) is 5.82. The van der Waals surface area contributed by atoms with Gasteiger partial charge in [-0.05, 0) is 27.4 Å². The summed E-state index contributed by atoms with van der Waals surface area (Å²) in [5, 5.41) is 16.1. The van der Waals surface area contributed by atoms with Crippen LogP contribution < -0.4 is 5.32 Å². The summed E-state index contributed by atoms with van der Waals surface area (Å²) in [6.45, 7) is 0.518. The molecular weight excluding hydrogens is 298 g/mol. The van der Waals surface area contributed by atoms with Crippen molar-refractivity contribution in [2.24, 2.45) is 0 Å². The van der Waals surface area contributed by atoms with Crippen LogP contribution in [0.5, 0.6) is 0 Å². The molecule has 2 heterocycles. The molecular formula is C15H15N5OS. The highest BCUT2D eigenvalue weighted by atomic mass is 32.1. The van der Waals surface area contributed by atoms with Crippen LogP contribution in [0.25, 0.3) is 0 Å². The summed E-state index contributed by atoms with van der Waals surface area (Å²) >= 11 is 1.62. The zero-order valence-corrected chi connectivity index (χ0v) is 12.6. The van der Waals surface area contributed by atoms with Gasteiger partial charge in [0.1, 0.15) is 12.4 Å². The smallest absolute Gasteiger partial charge is 0.245 e. The molecule has 0 saturated carbocycles. The van der Waals surface area contributed by atoms with Gasteiger partial charge >= 0.3 is 0 Å². The molecule has 1 unspecified atom stereocenters. The normalized spacial score (nSPS) is 12.0. The second kappa shape index (κ2) is 6.95. The van der Waals surface area contributed by atoms with Crippen molar-refractivity contribution >= 4 is 17.2 Å². The average Bonchev–Trinajstić information content (AvgIpc) is 3.24. The van der Waals surface area contributed by atoms with Gasteiger partial charge < -0.3 is 5.32 Å². The van der Waals surface area contributed by atoms with Crippen molar-refractivity contribution in [2.75, 3.05) is 0 Å². The predicted octanol–water partition coefficient (Wildman–Crippen LogP) is 1.83. The molecule has 0 saturated heterocycles. The van der Waals surface area contributed by atoms with Crippen LogP contribution in [0.2, 0.25) is 0 Å². The summed E-state index contributed by atoms with van der Waals surface area (Å²) in [5.41, 5.74) is 1.06. The number of tetrazole rings is 1. The molecule has 7 heteroatoms. The SMILES string of the molecule is O=C(NCc1cccs1)C(Cc1ccccc1)n1cnnn1. The molecule has 0 aliphatic heterocycles. The summed E-state index contributed by atoms with van der Waals surface area (Å²) in [6, 6.07) is 13.3. The maximum atomic E-state index is 12.5. The largest absolute Gasteiger partial charge is 0.349 e. The lowest BCUT2D eigenvalue weighted by molar-refractivity contribution is -0.124. The highest BCUT2D eigenvalue weighted by molar-refractivity contribution is 7.09. The van der Waals surface area contributed by atoms with E-state index in [9.17, 15) is 4.79 Å². The van der Waals surface area contributed by atoms with Crippen LogP contribution in [0.3, 0.4) is 0 Å². The van der Waals surface area contributed by atoms with Gasteiger partial charge in [-0.3, -0.25) is 4.79 Å². The summed E-state index contributed by atoms with van der Waals surface area (Å²) < 4.78 is 1.50. The van der Waals surface area contributed by atoms with Crippen molar-refractivity contribution in [3.63, 3.8) is 0 Å². The summed E-state index contributed by atoms with van der Waals surface area (Å²) in [6.07, 6.45) is 2.01. The summed E-state index contributed by atoms with van der Waals surface area (Å²) in [5.74, 6) is -0.0930. The molecule has 0 spiro atoms. The highest BCUT2D eigenvalue weighted by Gasteiger charge is 2.22. The fraction of sp³-hybridized carbons (Fsp3) is 0.200. The Morgan fingerprint density at radius 1 is 1.23 bits per heavy atom. The van der Waals surface area contributed by atoms with E-state index < -0.39 is 6.04 Å². The Morgan fingerprint density at radius 3 is 2.77 bits per heavy atom. The summed E-state index contributed by atoms with van der Waals surface area (Å²) in [4.78, 5) is 13.6. The first-order valence-electron chi connectivity index (χ1n) is 6.89. The Hall–Kier alpha value is -2.54. The van der Waals surface area contributed by atoms with Gasteiger partial charge in [0.25, 0.3) is 0 Å². The lowest BCUT2D eigenvalue weighted by Crippen LogP contribution is -2.33. The summed E-state index contributed by atoms with van der Waals surface area (Å²) in [7, 11) is 0. The topological polar surface area (TPSA) is 72.7 Å². The number of benzene rings is 1. The molecule has 3 aromatic rings. The molecule has 0 aliphatic rings. The number of aromatic nitrogens is 4. The van der Waals surface area contributed by atoms with E-state index in [1.54, 1.807) is 11.3 Å². The number of thiophene rings is 1. The maximum Gasteiger partial charge on any atom is 0.245 e. The molecule has 1 atom stereocenters. The molecule has 112 valence electrons. The van der Waals surface area contributed by atoms with Crippen molar-refractivity contribution in [3.05, 3.63) is 64.6 Å². The van der Waals surface area contributed by atoms with Crippen LogP contribution in [0.4, 0.5) is 0 Å². The van der Waals surface area contributed by atoms with Crippen LogP contribution in [0.15, 0.2) is 54.2 Å². The van der Waals surface area contributed by atoms with Gasteiger partial charge in [0.15, 0.2) is 0 Å². The van der Waals surface area contributed by atoms with Gasteiger partial charge in [-0.1, -0.05) is 36.4 Å². The van der Waals surface area contributed by atoms with Crippen LogP contribution in [0, 0.1) is 0 Å². The Balaban J connectivity index is 1.72. The maximum absolute atomic E-state index is 12.5. The fourth-order valence-corrected chi connectivity index (χ4v) is 2.80. The Bertz CT molecular complexity index is 697. The molecule has 0 radical (unpaired) electrons. The fourth-order valence-electron chi connectivity index (χ4n) is 2.16. The lowest BCUT2D eigenvalue weighted by Gasteiger charge is -2.16. The molecule has 3 rings (SSSR count). The average molecular weight is 313 g/mol. The monoisotopic (exact) mass is 313 g/mol. The number of nitrogens with one attached hydrogen (secondary N) is 1. The molecule has 0 bridgehead atoms. The van der Waals surface area contributed by atoms with Gasteiger partial charge in [-0.15, -0.1) is 16.4 Å². The second-order valence-electron chi connectivity index (χ2n) is 4.79. The number of nitrogens with zero attached hydrogens (tertiary/aromatic N) is 4. The van der Waals surface area contributed by atoms with Crippen molar-refractivity contribution in [1.82, 2.24) is 25.5 Å². The van der Waals surface area contributed by atoms with Crippen LogP contribution in [0.1, 0.15) is 16.5 Å². The van der Waals surface area contributed by atoms with E-state index in [-0.39, 0.29) is 5.91 Å². The molecule has 1 amide bonds. The van der Waals surface area contributed by atoms with Gasteiger partial charge in [0.05, 0.1) is 6.54 Å². The zero-order valence-electron chi connectivity index (χ0n) is 11.8. The number of carbonyl (C=O) groups excluding carboxylic acids is 1. The number of hydrogen-bond acceptors (Lipinski definition) is 5. The third-order valence-electron chi connectivity index (χ3n) is 3.28. The van der Waals surface area contributed by atoms with Crippen LogP contribution >= 0.6 is 11.3 Å². The van der Waals surface area contributed by atoms with Crippen molar-refractivity contribution in [2.45, 2.75) is 19.0 Å². The van der Waals surface area contributed by atoms with Crippen molar-refractivity contribution in [1.29, 1.82) is 0 Å². The van der Waals surface area contributed by atoms with Gasteiger partial charge in [-0.25, -0.2) is 4.68 Å². The first-order chi connectivity index (χ1) is 10.8. The van der Waals surface area contributed by atoms with E-state index in [1.807, 2.05) is 47.8 Å². The molecule has 2 aromatic heterocycles. The van der Waals surface area contributed by atoms with E-state index >= 15 is 0 Å². The van der Waals surface area contributed by atoms with Crippen molar-refractivity contribution in [3.8, 4) is 0 Å². The van der Waals surface area contributed by atoms with E-state index in [0.717, 1.165) is 10.4 Å². The Morgan fingerprint density at radius 2 is 2.09 bits per heavy atom. The van der Waals surface area contributed by atoms with Crippen molar-refractivity contribution < 1.29 is 4.79 Å². The number of rotatable bonds is 6.